The summed E-state index contributed by atoms with van der Waals surface area (Å²) < 4.78 is 11.3. The third-order valence-corrected chi connectivity index (χ3v) is 6.36. The summed E-state index contributed by atoms with van der Waals surface area (Å²) >= 11 is 0. The van der Waals surface area contributed by atoms with Crippen molar-refractivity contribution in [1.82, 2.24) is 9.80 Å². The number of amides is 2. The van der Waals surface area contributed by atoms with E-state index in [1.165, 1.54) is 0 Å². The minimum Gasteiger partial charge on any atom is -0.467 e. The Bertz CT molecular complexity index is 1060. The van der Waals surface area contributed by atoms with Crippen molar-refractivity contribution in [3.63, 3.8) is 0 Å². The molecule has 1 aliphatic rings. The average Bonchev–Trinajstić information content (AvgIpc) is 3.61. The summed E-state index contributed by atoms with van der Waals surface area (Å²) in [5, 5.41) is 0. The predicted molar refractivity (Wildman–Crippen MR) is 136 cm³/mol. The molecule has 1 saturated heterocycles. The summed E-state index contributed by atoms with van der Waals surface area (Å²) in [4.78, 5) is 30.3. The van der Waals surface area contributed by atoms with Gasteiger partial charge in [0.2, 0.25) is 5.91 Å². The summed E-state index contributed by atoms with van der Waals surface area (Å²) in [6.07, 6.45) is 5.36. The van der Waals surface area contributed by atoms with Crippen molar-refractivity contribution < 1.29 is 18.7 Å². The summed E-state index contributed by atoms with van der Waals surface area (Å²) in [7, 11) is 0. The van der Waals surface area contributed by atoms with Crippen LogP contribution in [0.15, 0.2) is 77.4 Å². The first kappa shape index (κ1) is 24.7. The van der Waals surface area contributed by atoms with E-state index in [2.05, 4.69) is 6.92 Å². The van der Waals surface area contributed by atoms with E-state index in [0.29, 0.717) is 25.2 Å². The number of hydrogen-bond donors (Lipinski definition) is 0. The van der Waals surface area contributed by atoms with Crippen LogP contribution in [0.5, 0.6) is 0 Å². The Morgan fingerprint density at radius 1 is 0.943 bits per heavy atom. The summed E-state index contributed by atoms with van der Waals surface area (Å²) in [5.74, 6) is 0.503. The lowest BCUT2D eigenvalue weighted by Crippen LogP contribution is -2.45. The molecule has 0 aliphatic carbocycles. The SMILES string of the molecule is CCCCN(CC(=O)N(Cc1ccco1)CC1CCCO1)C(=O)c1ccc(-c2ccccc2)cc1. The Labute approximate surface area is 207 Å². The Morgan fingerprint density at radius 3 is 2.37 bits per heavy atom. The van der Waals surface area contributed by atoms with Crippen LogP contribution in [0.25, 0.3) is 11.1 Å². The van der Waals surface area contributed by atoms with E-state index in [9.17, 15) is 9.59 Å². The fourth-order valence-electron chi connectivity index (χ4n) is 4.36. The van der Waals surface area contributed by atoms with Gasteiger partial charge >= 0.3 is 0 Å². The third kappa shape index (κ3) is 6.83. The highest BCUT2D eigenvalue weighted by molar-refractivity contribution is 5.97. The lowest BCUT2D eigenvalue weighted by atomic mass is 10.0. The van der Waals surface area contributed by atoms with E-state index >= 15 is 0 Å². The van der Waals surface area contributed by atoms with E-state index in [1.807, 2.05) is 66.7 Å². The maximum Gasteiger partial charge on any atom is 0.254 e. The molecule has 6 heteroatoms. The molecule has 1 aromatic heterocycles. The van der Waals surface area contributed by atoms with Gasteiger partial charge in [-0.15, -0.1) is 0 Å². The van der Waals surface area contributed by atoms with Crippen LogP contribution < -0.4 is 0 Å². The highest BCUT2D eigenvalue weighted by Crippen LogP contribution is 2.21. The highest BCUT2D eigenvalue weighted by atomic mass is 16.5. The number of benzene rings is 2. The lowest BCUT2D eigenvalue weighted by Gasteiger charge is -2.29. The van der Waals surface area contributed by atoms with Crippen LogP contribution >= 0.6 is 0 Å². The zero-order valence-electron chi connectivity index (χ0n) is 20.4. The normalized spacial score (nSPS) is 15.2. The molecule has 35 heavy (non-hydrogen) atoms. The van der Waals surface area contributed by atoms with E-state index in [-0.39, 0.29) is 24.5 Å². The highest BCUT2D eigenvalue weighted by Gasteiger charge is 2.26. The summed E-state index contributed by atoms with van der Waals surface area (Å²) in [6, 6.07) is 21.4. The number of furan rings is 1. The number of rotatable bonds is 11. The van der Waals surface area contributed by atoms with Crippen LogP contribution in [0.4, 0.5) is 0 Å². The number of unbranched alkanes of at least 4 members (excludes halogenated alkanes) is 1. The molecule has 184 valence electrons. The lowest BCUT2D eigenvalue weighted by molar-refractivity contribution is -0.134. The van der Waals surface area contributed by atoms with Crippen molar-refractivity contribution in [2.45, 2.75) is 45.3 Å². The standard InChI is InChI=1S/C29H34N2O4/c1-2-3-17-30(29(33)25-15-13-24(14-16-25)23-9-5-4-6-10-23)22-28(32)31(20-26-11-7-18-34-26)21-27-12-8-19-35-27/h4-7,9-11,13-16,18,27H,2-3,8,12,17,19-22H2,1H3. The zero-order valence-corrected chi connectivity index (χ0v) is 20.4. The number of hydrogen-bond acceptors (Lipinski definition) is 4. The molecule has 1 atom stereocenters. The molecule has 2 heterocycles. The molecule has 0 saturated carbocycles. The molecule has 0 radical (unpaired) electrons. The molecule has 3 aromatic rings. The van der Waals surface area contributed by atoms with Crippen molar-refractivity contribution in [2.24, 2.45) is 0 Å². The van der Waals surface area contributed by atoms with E-state index in [1.54, 1.807) is 16.1 Å². The van der Waals surface area contributed by atoms with Crippen LogP contribution in [0.1, 0.15) is 48.7 Å². The molecule has 2 aromatic carbocycles. The molecule has 0 spiro atoms. The number of carbonyl (C=O) groups is 2. The second-order valence-electron chi connectivity index (χ2n) is 9.01. The molecule has 4 rings (SSSR count). The first-order chi connectivity index (χ1) is 17.1. The van der Waals surface area contributed by atoms with Crippen molar-refractivity contribution in [1.29, 1.82) is 0 Å². The van der Waals surface area contributed by atoms with Crippen molar-refractivity contribution in [3.05, 3.63) is 84.3 Å². The quantitative estimate of drug-likeness (QED) is 0.373. The van der Waals surface area contributed by atoms with Crippen molar-refractivity contribution >= 4 is 11.8 Å². The van der Waals surface area contributed by atoms with Gasteiger partial charge in [0.15, 0.2) is 0 Å². The van der Waals surface area contributed by atoms with Crippen molar-refractivity contribution in [3.8, 4) is 11.1 Å². The van der Waals surface area contributed by atoms with Gasteiger partial charge in [0.05, 0.1) is 18.9 Å². The third-order valence-electron chi connectivity index (χ3n) is 6.36. The van der Waals surface area contributed by atoms with E-state index in [4.69, 9.17) is 9.15 Å². The largest absolute Gasteiger partial charge is 0.467 e. The van der Waals surface area contributed by atoms with Gasteiger partial charge in [0.1, 0.15) is 12.3 Å². The second-order valence-corrected chi connectivity index (χ2v) is 9.01. The zero-order chi connectivity index (χ0) is 24.5. The number of nitrogens with zero attached hydrogens (tertiary/aromatic N) is 2. The Morgan fingerprint density at radius 2 is 1.71 bits per heavy atom. The van der Waals surface area contributed by atoms with Gasteiger partial charge in [-0.05, 0) is 54.7 Å². The molecule has 1 aliphatic heterocycles. The van der Waals surface area contributed by atoms with Gasteiger partial charge < -0.3 is 19.0 Å². The van der Waals surface area contributed by atoms with E-state index < -0.39 is 0 Å². The molecule has 2 amide bonds. The Balaban J connectivity index is 1.47. The maximum absolute atomic E-state index is 13.4. The fourth-order valence-corrected chi connectivity index (χ4v) is 4.36. The molecule has 6 nitrogen and oxygen atoms in total. The molecule has 0 bridgehead atoms. The average molecular weight is 475 g/mol. The van der Waals surface area contributed by atoms with Gasteiger partial charge in [-0.25, -0.2) is 0 Å². The summed E-state index contributed by atoms with van der Waals surface area (Å²) in [6.45, 7) is 4.25. The monoisotopic (exact) mass is 474 g/mol. The first-order valence-electron chi connectivity index (χ1n) is 12.5. The van der Waals surface area contributed by atoms with Crippen LogP contribution in [0.3, 0.4) is 0 Å². The number of ether oxygens (including phenoxy) is 1. The molecule has 1 unspecified atom stereocenters. The van der Waals surface area contributed by atoms with Gasteiger partial charge in [-0.1, -0.05) is 55.8 Å². The van der Waals surface area contributed by atoms with Crippen molar-refractivity contribution in [2.75, 3.05) is 26.2 Å². The Kier molecular flexibility index (Phi) is 8.74. The molecule has 0 N–H and O–H groups in total. The topological polar surface area (TPSA) is 63.0 Å². The molecule has 1 fully saturated rings. The number of carbonyl (C=O) groups excluding carboxylic acids is 2. The van der Waals surface area contributed by atoms with E-state index in [0.717, 1.165) is 49.2 Å². The maximum atomic E-state index is 13.4. The molecular weight excluding hydrogens is 440 g/mol. The fraction of sp³-hybridized carbons (Fsp3) is 0.379. The molecular formula is C29H34N2O4. The smallest absolute Gasteiger partial charge is 0.254 e. The van der Waals surface area contributed by atoms with Gasteiger partial charge in [0, 0.05) is 25.3 Å². The minimum atomic E-state index is -0.124. The van der Waals surface area contributed by atoms with Gasteiger partial charge in [-0.3, -0.25) is 9.59 Å². The minimum absolute atomic E-state index is 0.0271. The van der Waals surface area contributed by atoms with Crippen LogP contribution in [-0.2, 0) is 16.1 Å². The second kappa shape index (κ2) is 12.4. The predicted octanol–water partition coefficient (Wildman–Crippen LogP) is 5.40. The van der Waals surface area contributed by atoms with Crippen LogP contribution in [0.2, 0.25) is 0 Å². The summed E-state index contributed by atoms with van der Waals surface area (Å²) in [5.41, 5.74) is 2.75. The first-order valence-corrected chi connectivity index (χ1v) is 12.5. The van der Waals surface area contributed by atoms with Gasteiger partial charge in [-0.2, -0.15) is 0 Å². The Hall–Kier alpha value is -3.38. The van der Waals surface area contributed by atoms with Gasteiger partial charge in [0.25, 0.3) is 5.91 Å². The van der Waals surface area contributed by atoms with Crippen LogP contribution in [0, 0.1) is 0 Å². The van der Waals surface area contributed by atoms with Crippen LogP contribution in [-0.4, -0.2) is 54.0 Å².